The zero-order chi connectivity index (χ0) is 15.2. The number of carbonyl (C=O) groups is 2. The summed E-state index contributed by atoms with van der Waals surface area (Å²) in [5, 5.41) is 21.4. The Labute approximate surface area is 114 Å². The summed E-state index contributed by atoms with van der Waals surface area (Å²) in [6.45, 7) is 2.54. The molecule has 2 aliphatic rings. The van der Waals surface area contributed by atoms with Crippen molar-refractivity contribution in [2.45, 2.75) is 44.1 Å². The molecule has 0 aliphatic carbocycles. The van der Waals surface area contributed by atoms with Crippen LogP contribution in [0.1, 0.15) is 13.8 Å². The van der Waals surface area contributed by atoms with Crippen LogP contribution in [0.3, 0.4) is 0 Å². The van der Waals surface area contributed by atoms with Crippen molar-refractivity contribution in [2.24, 2.45) is 5.73 Å². The zero-order valence-corrected chi connectivity index (χ0v) is 10.9. The molecule has 5 N–H and O–H groups in total. The van der Waals surface area contributed by atoms with E-state index in [1.54, 1.807) is 0 Å². The van der Waals surface area contributed by atoms with Gasteiger partial charge in [0, 0.05) is 6.20 Å². The largest absolute Gasteiger partial charge is 0.388 e. The molecule has 1 unspecified atom stereocenters. The van der Waals surface area contributed by atoms with Crippen LogP contribution in [-0.2, 0) is 9.53 Å². The van der Waals surface area contributed by atoms with Gasteiger partial charge in [-0.25, -0.2) is 9.18 Å². The Bertz CT molecular complexity index is 485. The van der Waals surface area contributed by atoms with Gasteiger partial charge in [-0.1, -0.05) is 0 Å². The molecular weight excluding hydrogens is 273 g/mol. The fraction of sp³-hybridized carbons (Fsp3) is 0.636. The van der Waals surface area contributed by atoms with E-state index in [1.165, 1.54) is 6.92 Å². The number of aliphatic hydroxyl groups is 2. The lowest BCUT2D eigenvalue weighted by Crippen LogP contribution is -2.67. The molecule has 112 valence electrons. The van der Waals surface area contributed by atoms with Gasteiger partial charge in [-0.15, -0.1) is 0 Å². The molecule has 2 heterocycles. The van der Waals surface area contributed by atoms with Crippen molar-refractivity contribution < 1.29 is 28.9 Å². The third-order valence-electron chi connectivity index (χ3n) is 3.47. The number of urea groups is 1. The SMILES string of the molecule is CC(=O)C1(N)NC(=O)N([C@@H]2O[C@H](C)[C@@H](O)[C@H]2O)C=C1F. The number of halogens is 1. The van der Waals surface area contributed by atoms with Crippen LogP contribution >= 0.6 is 0 Å². The van der Waals surface area contributed by atoms with Crippen molar-refractivity contribution in [1.29, 1.82) is 0 Å². The molecule has 0 aromatic carbocycles. The molecule has 0 radical (unpaired) electrons. The molecule has 0 aromatic rings. The van der Waals surface area contributed by atoms with Crippen molar-refractivity contribution >= 4 is 11.8 Å². The summed E-state index contributed by atoms with van der Waals surface area (Å²) in [4.78, 5) is 23.9. The summed E-state index contributed by atoms with van der Waals surface area (Å²) in [6.07, 6.45) is -3.90. The topological polar surface area (TPSA) is 125 Å². The average Bonchev–Trinajstić information content (AvgIpc) is 2.61. The van der Waals surface area contributed by atoms with Crippen LogP contribution in [0.25, 0.3) is 0 Å². The lowest BCUT2D eigenvalue weighted by atomic mass is 10.0. The molecule has 9 heteroatoms. The quantitative estimate of drug-likeness (QED) is 0.492. The number of amides is 2. The van der Waals surface area contributed by atoms with Gasteiger partial charge in [-0.3, -0.25) is 15.4 Å². The molecule has 1 saturated heterocycles. The van der Waals surface area contributed by atoms with Gasteiger partial charge < -0.3 is 20.3 Å². The number of aliphatic hydroxyl groups excluding tert-OH is 2. The summed E-state index contributed by atoms with van der Waals surface area (Å²) in [5.74, 6) is -1.87. The van der Waals surface area contributed by atoms with Crippen molar-refractivity contribution in [1.82, 2.24) is 10.2 Å². The molecule has 20 heavy (non-hydrogen) atoms. The Morgan fingerprint density at radius 1 is 1.55 bits per heavy atom. The summed E-state index contributed by atoms with van der Waals surface area (Å²) < 4.78 is 19.1. The Kier molecular flexibility index (Phi) is 3.54. The van der Waals surface area contributed by atoms with Gasteiger partial charge in [-0.05, 0) is 13.8 Å². The summed E-state index contributed by atoms with van der Waals surface area (Å²) in [6, 6.07) is -0.908. The van der Waals surface area contributed by atoms with Crippen molar-refractivity contribution in [3.8, 4) is 0 Å². The Hall–Kier alpha value is -1.55. The predicted octanol–water partition coefficient (Wildman–Crippen LogP) is -1.47. The number of hydrogen-bond acceptors (Lipinski definition) is 6. The molecule has 2 aliphatic heterocycles. The zero-order valence-electron chi connectivity index (χ0n) is 10.9. The van der Waals surface area contributed by atoms with Crippen molar-refractivity contribution in [2.75, 3.05) is 0 Å². The second-order valence-corrected chi connectivity index (χ2v) is 4.89. The number of ketones is 1. The minimum Gasteiger partial charge on any atom is -0.388 e. The van der Waals surface area contributed by atoms with Crippen LogP contribution in [0.2, 0.25) is 0 Å². The minimum atomic E-state index is -2.22. The summed E-state index contributed by atoms with van der Waals surface area (Å²) >= 11 is 0. The summed E-state index contributed by atoms with van der Waals surface area (Å²) in [7, 11) is 0. The molecule has 5 atom stereocenters. The van der Waals surface area contributed by atoms with Gasteiger partial charge in [0.05, 0.1) is 6.10 Å². The van der Waals surface area contributed by atoms with E-state index in [9.17, 15) is 24.2 Å². The second-order valence-electron chi connectivity index (χ2n) is 4.89. The fourth-order valence-electron chi connectivity index (χ4n) is 2.08. The van der Waals surface area contributed by atoms with Gasteiger partial charge in [0.25, 0.3) is 0 Å². The van der Waals surface area contributed by atoms with E-state index in [1.807, 2.05) is 5.32 Å². The third-order valence-corrected chi connectivity index (χ3v) is 3.47. The number of nitrogens with two attached hydrogens (primary N) is 1. The van der Waals surface area contributed by atoms with Gasteiger partial charge in [0.15, 0.2) is 17.8 Å². The maximum atomic E-state index is 13.9. The van der Waals surface area contributed by atoms with E-state index in [-0.39, 0.29) is 0 Å². The van der Waals surface area contributed by atoms with E-state index in [4.69, 9.17) is 10.5 Å². The number of carbonyl (C=O) groups excluding carboxylic acids is 2. The first kappa shape index (κ1) is 14.9. The first-order chi connectivity index (χ1) is 9.18. The maximum Gasteiger partial charge on any atom is 0.325 e. The predicted molar refractivity (Wildman–Crippen MR) is 63.5 cm³/mol. The Morgan fingerprint density at radius 2 is 2.15 bits per heavy atom. The number of nitrogens with one attached hydrogen (secondary N) is 1. The molecule has 0 bridgehead atoms. The lowest BCUT2D eigenvalue weighted by Gasteiger charge is -2.37. The van der Waals surface area contributed by atoms with Gasteiger partial charge in [0.1, 0.15) is 12.2 Å². The van der Waals surface area contributed by atoms with Crippen LogP contribution in [-0.4, -0.2) is 57.1 Å². The highest BCUT2D eigenvalue weighted by Crippen LogP contribution is 2.28. The number of ether oxygens (including phenoxy) is 1. The number of hydrogen-bond donors (Lipinski definition) is 4. The third kappa shape index (κ3) is 2.08. The van der Waals surface area contributed by atoms with Crippen LogP contribution in [0, 0.1) is 0 Å². The number of Topliss-reactive ketones (excluding diaryl/α,β-unsaturated/α-hetero) is 1. The Balaban J connectivity index is 2.30. The smallest absolute Gasteiger partial charge is 0.325 e. The molecule has 8 nitrogen and oxygen atoms in total. The van der Waals surface area contributed by atoms with E-state index in [0.717, 1.165) is 11.8 Å². The molecule has 2 amide bonds. The molecule has 0 aromatic heterocycles. The first-order valence-corrected chi connectivity index (χ1v) is 5.98. The number of rotatable bonds is 2. The van der Waals surface area contributed by atoms with Gasteiger partial charge >= 0.3 is 6.03 Å². The first-order valence-electron chi connectivity index (χ1n) is 5.98. The second kappa shape index (κ2) is 4.77. The van der Waals surface area contributed by atoms with Crippen LogP contribution < -0.4 is 11.1 Å². The maximum absolute atomic E-state index is 13.9. The van der Waals surface area contributed by atoms with Gasteiger partial charge in [-0.2, -0.15) is 0 Å². The highest BCUT2D eigenvalue weighted by molar-refractivity contribution is 5.94. The highest BCUT2D eigenvalue weighted by atomic mass is 19.1. The molecule has 2 rings (SSSR count). The molecule has 0 saturated carbocycles. The molecule has 1 fully saturated rings. The summed E-state index contributed by atoms with van der Waals surface area (Å²) in [5.41, 5.74) is 3.26. The average molecular weight is 289 g/mol. The van der Waals surface area contributed by atoms with Crippen LogP contribution in [0.5, 0.6) is 0 Å². The van der Waals surface area contributed by atoms with E-state index in [2.05, 4.69) is 0 Å². The highest BCUT2D eigenvalue weighted by Gasteiger charge is 2.49. The van der Waals surface area contributed by atoms with Crippen molar-refractivity contribution in [3.63, 3.8) is 0 Å². The fourth-order valence-corrected chi connectivity index (χ4v) is 2.08. The normalized spacial score (nSPS) is 41.4. The monoisotopic (exact) mass is 289 g/mol. The lowest BCUT2D eigenvalue weighted by molar-refractivity contribution is -0.122. The van der Waals surface area contributed by atoms with Crippen LogP contribution in [0.4, 0.5) is 9.18 Å². The van der Waals surface area contributed by atoms with Crippen molar-refractivity contribution in [3.05, 3.63) is 12.0 Å². The van der Waals surface area contributed by atoms with E-state index >= 15 is 0 Å². The Morgan fingerprint density at radius 3 is 2.60 bits per heavy atom. The minimum absolute atomic E-state index is 0.693. The van der Waals surface area contributed by atoms with E-state index in [0.29, 0.717) is 6.20 Å². The van der Waals surface area contributed by atoms with Gasteiger partial charge in [0.2, 0.25) is 5.66 Å². The standard InChI is InChI=1S/C11H16FN3O5/c1-4-7(17)8(18)9(20-4)15-3-6(12)11(13,5(2)16)14-10(15)19/h3-4,7-9,17-18H,13H2,1-2H3,(H,14,19)/t4-,7-,8-,9-,11?/m1/s1. The molecular formula is C11H16FN3O5. The van der Waals surface area contributed by atoms with Crippen LogP contribution in [0.15, 0.2) is 12.0 Å². The number of nitrogens with zero attached hydrogens (tertiary/aromatic N) is 1. The molecule has 0 spiro atoms. The van der Waals surface area contributed by atoms with E-state index < -0.39 is 47.8 Å².